The molecule has 49 heavy (non-hydrogen) atoms. The van der Waals surface area contributed by atoms with Crippen LogP contribution in [-0.2, 0) is 25.6 Å². The number of carbonyl (C=O) groups is 3. The molecule has 0 saturated carbocycles. The predicted octanol–water partition coefficient (Wildman–Crippen LogP) is 6.51. The lowest BCUT2D eigenvalue weighted by Gasteiger charge is -2.38. The van der Waals surface area contributed by atoms with E-state index in [1.165, 1.54) is 38.5 Å². The molecule has 4 aromatic rings. The highest BCUT2D eigenvalue weighted by Crippen LogP contribution is 2.56. The molecular formula is C36H30FNO11. The third kappa shape index (κ3) is 6.22. The number of hydrogen-bond acceptors (Lipinski definition) is 11. The van der Waals surface area contributed by atoms with Gasteiger partial charge in [0.2, 0.25) is 12.5 Å². The van der Waals surface area contributed by atoms with Crippen molar-refractivity contribution in [3.63, 3.8) is 0 Å². The van der Waals surface area contributed by atoms with E-state index in [-0.39, 0.29) is 37.3 Å². The van der Waals surface area contributed by atoms with Crippen LogP contribution < -0.4 is 29.0 Å². The number of ether oxygens (including phenoxy) is 8. The van der Waals surface area contributed by atoms with Crippen molar-refractivity contribution in [2.75, 3.05) is 32.9 Å². The van der Waals surface area contributed by atoms with Crippen LogP contribution in [-0.4, -0.2) is 45.8 Å². The summed E-state index contributed by atoms with van der Waals surface area (Å²) in [5.74, 6) is -1.71. The molecule has 0 spiro atoms. The molecule has 4 atom stereocenters. The zero-order valence-electron chi connectivity index (χ0n) is 26.3. The molecule has 1 saturated heterocycles. The summed E-state index contributed by atoms with van der Waals surface area (Å²) < 4.78 is 58.5. The van der Waals surface area contributed by atoms with Gasteiger partial charge in [-0.2, -0.15) is 0 Å². The minimum Gasteiger partial charge on any atom is -0.493 e. The van der Waals surface area contributed by atoms with Crippen LogP contribution in [0.5, 0.6) is 28.7 Å². The van der Waals surface area contributed by atoms with Gasteiger partial charge >= 0.3 is 18.2 Å². The van der Waals surface area contributed by atoms with Crippen molar-refractivity contribution in [2.24, 2.45) is 11.8 Å². The standard InChI is InChI=1S/C36H30FNO11/c1-42-28-12-20(13-29(43-2)33(28)49-36(41)45-16-19-6-4-3-5-7-19)30-23-14-26-27(47-18-46-26)15-24(23)32(31-25(30)17-44-34(31)39)48-35(40)38-22-10-8-21(37)9-11-22/h3-15,25,30-32H,16-18H2,1-2H3,(H,38,40)/t25-,30+,31+,32-/m0/s1. The highest BCUT2D eigenvalue weighted by molar-refractivity contribution is 5.86. The van der Waals surface area contributed by atoms with Crippen LogP contribution in [0.25, 0.3) is 0 Å². The highest BCUT2D eigenvalue weighted by Gasteiger charge is 2.54. The summed E-state index contributed by atoms with van der Waals surface area (Å²) in [5, 5.41) is 2.59. The Morgan fingerprint density at radius 3 is 2.22 bits per heavy atom. The first kappa shape index (κ1) is 31.6. The van der Waals surface area contributed by atoms with Gasteiger partial charge < -0.3 is 37.9 Å². The third-order valence-electron chi connectivity index (χ3n) is 8.68. The van der Waals surface area contributed by atoms with E-state index in [0.29, 0.717) is 33.9 Å². The summed E-state index contributed by atoms with van der Waals surface area (Å²) in [5.41, 5.74) is 2.92. The number of fused-ring (bicyclic) bond motifs is 3. The Labute approximate surface area is 279 Å². The van der Waals surface area contributed by atoms with E-state index in [9.17, 15) is 18.8 Å². The van der Waals surface area contributed by atoms with E-state index in [0.717, 1.165) is 5.56 Å². The molecule has 1 fully saturated rings. The highest BCUT2D eigenvalue weighted by atomic mass is 19.1. The minimum absolute atomic E-state index is 0.000387. The molecule has 3 aliphatic rings. The SMILES string of the molecule is COc1cc([C@@H]2c3cc4c(cc3[C@H](OC(=O)Nc3ccc(F)cc3)[C@@H]3C(=O)OC[C@@H]23)OCO4)cc(OC)c1OC(=O)OCc1ccccc1. The number of cyclic esters (lactones) is 1. The predicted molar refractivity (Wildman–Crippen MR) is 168 cm³/mol. The average molecular weight is 672 g/mol. The topological polar surface area (TPSA) is 137 Å². The van der Waals surface area contributed by atoms with Crippen LogP contribution in [0.15, 0.2) is 78.9 Å². The number of hydrogen-bond donors (Lipinski definition) is 1. The molecule has 0 unspecified atom stereocenters. The molecule has 252 valence electrons. The summed E-state index contributed by atoms with van der Waals surface area (Å²) in [4.78, 5) is 39.2. The fourth-order valence-corrected chi connectivity index (χ4v) is 6.49. The maximum absolute atomic E-state index is 13.4. The van der Waals surface area contributed by atoms with Gasteiger partial charge in [-0.25, -0.2) is 14.0 Å². The summed E-state index contributed by atoms with van der Waals surface area (Å²) in [6.45, 7) is 0.0121. The van der Waals surface area contributed by atoms with Crippen molar-refractivity contribution in [1.82, 2.24) is 0 Å². The molecule has 1 amide bonds. The number of methoxy groups -OCH3 is 2. The van der Waals surface area contributed by atoms with Crippen LogP contribution in [0.4, 0.5) is 19.7 Å². The van der Waals surface area contributed by atoms with Gasteiger partial charge in [-0.1, -0.05) is 30.3 Å². The molecule has 7 rings (SSSR count). The Bertz CT molecular complexity index is 1870. The van der Waals surface area contributed by atoms with Crippen LogP contribution in [0.2, 0.25) is 0 Å². The van der Waals surface area contributed by atoms with Gasteiger partial charge in [0.1, 0.15) is 24.4 Å². The quantitative estimate of drug-likeness (QED) is 0.125. The number of anilines is 1. The van der Waals surface area contributed by atoms with Gasteiger partial charge in [0, 0.05) is 23.1 Å². The molecule has 0 radical (unpaired) electrons. The molecule has 1 aliphatic carbocycles. The number of amides is 1. The zero-order valence-corrected chi connectivity index (χ0v) is 26.3. The van der Waals surface area contributed by atoms with E-state index >= 15 is 0 Å². The molecule has 4 aromatic carbocycles. The van der Waals surface area contributed by atoms with Crippen molar-refractivity contribution in [1.29, 1.82) is 0 Å². The van der Waals surface area contributed by atoms with Crippen molar-refractivity contribution in [2.45, 2.75) is 18.6 Å². The maximum Gasteiger partial charge on any atom is 0.514 e. The third-order valence-corrected chi connectivity index (χ3v) is 8.68. The molecule has 13 heteroatoms. The van der Waals surface area contributed by atoms with Gasteiger partial charge in [-0.3, -0.25) is 10.1 Å². The second kappa shape index (κ2) is 13.3. The van der Waals surface area contributed by atoms with Crippen molar-refractivity contribution < 1.29 is 56.7 Å². The van der Waals surface area contributed by atoms with Crippen LogP contribution in [0.1, 0.15) is 34.3 Å². The maximum atomic E-state index is 13.4. The lowest BCUT2D eigenvalue weighted by atomic mass is 9.66. The van der Waals surface area contributed by atoms with Gasteiger partial charge in [-0.05, 0) is 65.2 Å². The second-order valence-corrected chi connectivity index (χ2v) is 11.5. The summed E-state index contributed by atoms with van der Waals surface area (Å²) >= 11 is 0. The molecule has 2 heterocycles. The Morgan fingerprint density at radius 2 is 1.55 bits per heavy atom. The normalized spacial score (nSPS) is 19.9. The number of carbonyl (C=O) groups excluding carboxylic acids is 3. The lowest BCUT2D eigenvalue weighted by Crippen LogP contribution is -2.37. The summed E-state index contributed by atoms with van der Waals surface area (Å²) in [6.07, 6.45) is -2.87. The smallest absolute Gasteiger partial charge is 0.493 e. The van der Waals surface area contributed by atoms with Gasteiger partial charge in [0.05, 0.1) is 20.8 Å². The van der Waals surface area contributed by atoms with E-state index in [1.807, 2.05) is 30.3 Å². The fourth-order valence-electron chi connectivity index (χ4n) is 6.49. The van der Waals surface area contributed by atoms with Crippen molar-refractivity contribution in [3.05, 3.63) is 107 Å². The Hall–Kier alpha value is -5.98. The van der Waals surface area contributed by atoms with E-state index in [4.69, 9.17) is 37.9 Å². The largest absolute Gasteiger partial charge is 0.514 e. The second-order valence-electron chi connectivity index (χ2n) is 11.5. The molecule has 0 bridgehead atoms. The van der Waals surface area contributed by atoms with Crippen LogP contribution in [0, 0.1) is 17.7 Å². The zero-order chi connectivity index (χ0) is 34.1. The number of halogens is 1. The Balaban J connectivity index is 1.24. The van der Waals surface area contributed by atoms with Crippen molar-refractivity contribution in [3.8, 4) is 28.7 Å². The van der Waals surface area contributed by atoms with E-state index in [1.54, 1.807) is 24.3 Å². The molecule has 12 nitrogen and oxygen atoms in total. The summed E-state index contributed by atoms with van der Waals surface area (Å²) in [6, 6.07) is 21.2. The summed E-state index contributed by atoms with van der Waals surface area (Å²) in [7, 11) is 2.84. The lowest BCUT2D eigenvalue weighted by molar-refractivity contribution is -0.144. The van der Waals surface area contributed by atoms with Gasteiger partial charge in [-0.15, -0.1) is 0 Å². The molecule has 1 N–H and O–H groups in total. The van der Waals surface area contributed by atoms with Crippen molar-refractivity contribution >= 4 is 23.9 Å². The van der Waals surface area contributed by atoms with E-state index in [2.05, 4.69) is 5.32 Å². The van der Waals surface area contributed by atoms with Crippen LogP contribution >= 0.6 is 0 Å². The molecule has 2 aliphatic heterocycles. The van der Waals surface area contributed by atoms with E-state index < -0.39 is 47.9 Å². The molecule has 0 aromatic heterocycles. The number of rotatable bonds is 8. The molecular weight excluding hydrogens is 641 g/mol. The van der Waals surface area contributed by atoms with Gasteiger partial charge in [0.25, 0.3) is 0 Å². The monoisotopic (exact) mass is 671 g/mol. The fraction of sp³-hybridized carbons (Fsp3) is 0.250. The first-order valence-corrected chi connectivity index (χ1v) is 15.3. The Morgan fingerprint density at radius 1 is 0.878 bits per heavy atom. The number of nitrogens with one attached hydrogen (secondary N) is 1. The van der Waals surface area contributed by atoms with Crippen LogP contribution in [0.3, 0.4) is 0 Å². The minimum atomic E-state index is -1.06. The average Bonchev–Trinajstić information content (AvgIpc) is 3.74. The Kier molecular flexibility index (Phi) is 8.55. The first-order chi connectivity index (χ1) is 23.8. The number of benzene rings is 4. The number of esters is 1. The van der Waals surface area contributed by atoms with Gasteiger partial charge in [0.15, 0.2) is 23.0 Å². The first-order valence-electron chi connectivity index (χ1n) is 15.3.